The SMILES string of the molecule is CCC(C)C(C)NCCn1ccnc1. The van der Waals surface area contributed by atoms with Crippen molar-refractivity contribution >= 4 is 0 Å². The van der Waals surface area contributed by atoms with Crippen LogP contribution in [0.15, 0.2) is 18.7 Å². The minimum Gasteiger partial charge on any atom is -0.336 e. The molecule has 0 amide bonds. The Morgan fingerprint density at radius 3 is 2.79 bits per heavy atom. The molecule has 0 aliphatic heterocycles. The first-order valence-corrected chi connectivity index (χ1v) is 5.43. The van der Waals surface area contributed by atoms with E-state index in [1.165, 1.54) is 6.42 Å². The Morgan fingerprint density at radius 1 is 1.43 bits per heavy atom. The summed E-state index contributed by atoms with van der Waals surface area (Å²) in [5, 5.41) is 3.52. The molecular formula is C11H21N3. The van der Waals surface area contributed by atoms with E-state index in [1.54, 1.807) is 0 Å². The molecule has 1 aromatic rings. The van der Waals surface area contributed by atoms with E-state index in [9.17, 15) is 0 Å². The van der Waals surface area contributed by atoms with E-state index in [2.05, 4.69) is 35.6 Å². The van der Waals surface area contributed by atoms with Crippen molar-refractivity contribution in [2.75, 3.05) is 6.54 Å². The lowest BCUT2D eigenvalue weighted by atomic mass is 10.0. The van der Waals surface area contributed by atoms with Crippen molar-refractivity contribution in [3.8, 4) is 0 Å². The summed E-state index contributed by atoms with van der Waals surface area (Å²) < 4.78 is 2.09. The molecule has 0 bridgehead atoms. The van der Waals surface area contributed by atoms with E-state index >= 15 is 0 Å². The average Bonchev–Trinajstić information content (AvgIpc) is 2.69. The van der Waals surface area contributed by atoms with Gasteiger partial charge in [0.05, 0.1) is 6.33 Å². The highest BCUT2D eigenvalue weighted by molar-refractivity contribution is 4.75. The predicted molar refractivity (Wildman–Crippen MR) is 59.1 cm³/mol. The number of rotatable bonds is 6. The van der Waals surface area contributed by atoms with Crippen molar-refractivity contribution in [3.05, 3.63) is 18.7 Å². The molecule has 1 N–H and O–H groups in total. The molecule has 0 aromatic carbocycles. The minimum absolute atomic E-state index is 0.600. The molecule has 0 spiro atoms. The Hall–Kier alpha value is -0.830. The van der Waals surface area contributed by atoms with Crippen LogP contribution in [0.3, 0.4) is 0 Å². The molecule has 0 radical (unpaired) electrons. The summed E-state index contributed by atoms with van der Waals surface area (Å²) in [6.07, 6.45) is 6.91. The number of nitrogens with one attached hydrogen (secondary N) is 1. The Kier molecular flexibility index (Phi) is 4.66. The van der Waals surface area contributed by atoms with Crippen LogP contribution in [-0.2, 0) is 6.54 Å². The van der Waals surface area contributed by atoms with Gasteiger partial charge in [0.2, 0.25) is 0 Å². The highest BCUT2D eigenvalue weighted by Crippen LogP contribution is 2.05. The van der Waals surface area contributed by atoms with Gasteiger partial charge in [0.15, 0.2) is 0 Å². The van der Waals surface area contributed by atoms with Gasteiger partial charge in [-0.25, -0.2) is 4.98 Å². The smallest absolute Gasteiger partial charge is 0.0946 e. The van der Waals surface area contributed by atoms with Crippen molar-refractivity contribution in [1.82, 2.24) is 14.9 Å². The minimum atomic E-state index is 0.600. The largest absolute Gasteiger partial charge is 0.336 e. The summed E-state index contributed by atoms with van der Waals surface area (Å²) in [5.74, 6) is 0.748. The predicted octanol–water partition coefficient (Wildman–Crippen LogP) is 1.91. The quantitative estimate of drug-likeness (QED) is 0.751. The molecule has 1 rings (SSSR count). The van der Waals surface area contributed by atoms with E-state index in [-0.39, 0.29) is 0 Å². The topological polar surface area (TPSA) is 29.9 Å². The first-order chi connectivity index (χ1) is 6.74. The van der Waals surface area contributed by atoms with Gasteiger partial charge in [-0.05, 0) is 12.8 Å². The van der Waals surface area contributed by atoms with E-state index in [0.29, 0.717) is 6.04 Å². The van der Waals surface area contributed by atoms with Crippen LogP contribution in [0.25, 0.3) is 0 Å². The van der Waals surface area contributed by atoms with Crippen LogP contribution in [0.2, 0.25) is 0 Å². The zero-order valence-electron chi connectivity index (χ0n) is 9.40. The monoisotopic (exact) mass is 195 g/mol. The first kappa shape index (κ1) is 11.2. The summed E-state index contributed by atoms with van der Waals surface area (Å²) in [6, 6.07) is 0.600. The molecule has 0 saturated carbocycles. The molecule has 80 valence electrons. The van der Waals surface area contributed by atoms with Crippen LogP contribution >= 0.6 is 0 Å². The number of hydrogen-bond acceptors (Lipinski definition) is 2. The lowest BCUT2D eigenvalue weighted by Crippen LogP contribution is -2.34. The number of nitrogens with zero attached hydrogens (tertiary/aromatic N) is 2. The zero-order chi connectivity index (χ0) is 10.4. The summed E-state index contributed by atoms with van der Waals surface area (Å²) in [5.41, 5.74) is 0. The van der Waals surface area contributed by atoms with Crippen molar-refractivity contribution in [3.63, 3.8) is 0 Å². The Balaban J connectivity index is 2.15. The summed E-state index contributed by atoms with van der Waals surface area (Å²) >= 11 is 0. The summed E-state index contributed by atoms with van der Waals surface area (Å²) in [4.78, 5) is 4.01. The average molecular weight is 195 g/mol. The summed E-state index contributed by atoms with van der Waals surface area (Å²) in [7, 11) is 0. The Morgan fingerprint density at radius 2 is 2.21 bits per heavy atom. The lowest BCUT2D eigenvalue weighted by Gasteiger charge is -2.19. The van der Waals surface area contributed by atoms with E-state index in [4.69, 9.17) is 0 Å². The van der Waals surface area contributed by atoms with Gasteiger partial charge in [0.25, 0.3) is 0 Å². The molecule has 1 aromatic heterocycles. The third-order valence-corrected chi connectivity index (χ3v) is 2.89. The summed E-state index contributed by atoms with van der Waals surface area (Å²) in [6.45, 7) is 8.79. The fraction of sp³-hybridized carbons (Fsp3) is 0.727. The van der Waals surface area contributed by atoms with Gasteiger partial charge in [0.1, 0.15) is 0 Å². The molecule has 0 aliphatic carbocycles. The molecule has 1 heterocycles. The van der Waals surface area contributed by atoms with Crippen LogP contribution in [0.4, 0.5) is 0 Å². The van der Waals surface area contributed by atoms with Crippen molar-refractivity contribution in [1.29, 1.82) is 0 Å². The van der Waals surface area contributed by atoms with Crippen molar-refractivity contribution < 1.29 is 0 Å². The molecule has 14 heavy (non-hydrogen) atoms. The molecule has 2 unspecified atom stereocenters. The van der Waals surface area contributed by atoms with Crippen molar-refractivity contribution in [2.24, 2.45) is 5.92 Å². The lowest BCUT2D eigenvalue weighted by molar-refractivity contribution is 0.384. The second kappa shape index (κ2) is 5.81. The maximum Gasteiger partial charge on any atom is 0.0946 e. The van der Waals surface area contributed by atoms with Crippen LogP contribution in [-0.4, -0.2) is 22.1 Å². The first-order valence-electron chi connectivity index (χ1n) is 5.43. The molecule has 3 heteroatoms. The third kappa shape index (κ3) is 3.50. The second-order valence-corrected chi connectivity index (χ2v) is 3.93. The van der Waals surface area contributed by atoms with Gasteiger partial charge in [-0.1, -0.05) is 20.3 Å². The highest BCUT2D eigenvalue weighted by Gasteiger charge is 2.08. The molecule has 2 atom stereocenters. The zero-order valence-corrected chi connectivity index (χ0v) is 9.40. The van der Waals surface area contributed by atoms with Crippen LogP contribution < -0.4 is 5.32 Å². The van der Waals surface area contributed by atoms with Gasteiger partial charge in [-0.2, -0.15) is 0 Å². The van der Waals surface area contributed by atoms with Crippen LogP contribution in [0, 0.1) is 5.92 Å². The molecule has 0 fully saturated rings. The maximum atomic E-state index is 4.01. The van der Waals surface area contributed by atoms with Gasteiger partial charge in [0, 0.05) is 31.5 Å². The van der Waals surface area contributed by atoms with Crippen molar-refractivity contribution in [2.45, 2.75) is 39.8 Å². The van der Waals surface area contributed by atoms with Gasteiger partial charge < -0.3 is 9.88 Å². The van der Waals surface area contributed by atoms with Crippen LogP contribution in [0.1, 0.15) is 27.2 Å². The molecule has 0 saturated heterocycles. The second-order valence-electron chi connectivity index (χ2n) is 3.93. The Bertz CT molecular complexity index is 231. The maximum absolute atomic E-state index is 4.01. The molecular weight excluding hydrogens is 174 g/mol. The molecule has 0 aliphatic rings. The van der Waals surface area contributed by atoms with Gasteiger partial charge >= 0.3 is 0 Å². The Labute approximate surface area is 86.5 Å². The number of aromatic nitrogens is 2. The molecule has 3 nitrogen and oxygen atoms in total. The standard InChI is InChI=1S/C11H21N3/c1-4-10(2)11(3)13-6-8-14-7-5-12-9-14/h5,7,9-11,13H,4,6,8H2,1-3H3. The van der Waals surface area contributed by atoms with E-state index in [0.717, 1.165) is 19.0 Å². The normalized spacial score (nSPS) is 15.4. The van der Waals surface area contributed by atoms with Gasteiger partial charge in [-0.3, -0.25) is 0 Å². The fourth-order valence-corrected chi connectivity index (χ4v) is 1.40. The van der Waals surface area contributed by atoms with E-state index in [1.807, 2.05) is 18.7 Å². The van der Waals surface area contributed by atoms with Gasteiger partial charge in [-0.15, -0.1) is 0 Å². The van der Waals surface area contributed by atoms with E-state index < -0.39 is 0 Å². The highest BCUT2D eigenvalue weighted by atomic mass is 15.0. The fourth-order valence-electron chi connectivity index (χ4n) is 1.40. The van der Waals surface area contributed by atoms with Crippen LogP contribution in [0.5, 0.6) is 0 Å². The number of imidazole rings is 1. The number of hydrogen-bond donors (Lipinski definition) is 1. The third-order valence-electron chi connectivity index (χ3n) is 2.89.